The molecule has 0 aliphatic heterocycles. The number of benzene rings is 3. The van der Waals surface area contributed by atoms with Crippen LogP contribution in [0.4, 0.5) is 0 Å². The van der Waals surface area contributed by atoms with Crippen molar-refractivity contribution in [1.29, 1.82) is 0 Å². The second-order valence-corrected chi connectivity index (χ2v) is 10.4. The van der Waals surface area contributed by atoms with E-state index in [2.05, 4.69) is 12.1 Å². The lowest BCUT2D eigenvalue weighted by molar-refractivity contribution is -0.149. The lowest BCUT2D eigenvalue weighted by Crippen LogP contribution is -2.33. The first kappa shape index (κ1) is 27.5. The zero-order valence-corrected chi connectivity index (χ0v) is 22.9. The van der Waals surface area contributed by atoms with Crippen molar-refractivity contribution in [2.45, 2.75) is 57.5 Å². The molecule has 4 aromatic rings. The number of carbonyl (C=O) groups excluding carboxylic acids is 2. The second-order valence-electron chi connectivity index (χ2n) is 9.34. The molecule has 0 saturated heterocycles. The van der Waals surface area contributed by atoms with Crippen LogP contribution < -0.4 is 0 Å². The first-order chi connectivity index (χ1) is 18.5. The van der Waals surface area contributed by atoms with Crippen LogP contribution in [0.2, 0.25) is 0 Å². The predicted molar refractivity (Wildman–Crippen MR) is 153 cm³/mol. The average molecular weight is 530 g/mol. The topological polar surface area (TPSA) is 64.4 Å². The van der Waals surface area contributed by atoms with E-state index in [-0.39, 0.29) is 24.5 Å². The third kappa shape index (κ3) is 7.71. The molecule has 1 heterocycles. The van der Waals surface area contributed by atoms with E-state index in [1.165, 1.54) is 0 Å². The molecule has 0 N–H and O–H groups in total. The van der Waals surface area contributed by atoms with Crippen LogP contribution in [0, 0.1) is 0 Å². The van der Waals surface area contributed by atoms with Crippen molar-refractivity contribution >= 4 is 34.7 Å². The predicted octanol–water partition coefficient (Wildman–Crippen LogP) is 6.13. The molecule has 198 valence electrons. The second kappa shape index (κ2) is 13.8. The van der Waals surface area contributed by atoms with Gasteiger partial charge in [0.2, 0.25) is 5.91 Å². The molecule has 7 heteroatoms. The molecule has 0 aliphatic carbocycles. The maximum atomic E-state index is 13.2. The first-order valence-electron chi connectivity index (χ1n) is 13.2. The number of aromatic nitrogens is 2. The largest absolute Gasteiger partial charge is 0.461 e. The van der Waals surface area contributed by atoms with Crippen LogP contribution in [-0.4, -0.2) is 44.7 Å². The molecule has 1 amide bonds. The highest BCUT2D eigenvalue weighted by Gasteiger charge is 2.18. The highest BCUT2D eigenvalue weighted by Crippen LogP contribution is 2.25. The number of carbonyl (C=O) groups is 2. The van der Waals surface area contributed by atoms with Crippen LogP contribution in [0.1, 0.15) is 37.8 Å². The Morgan fingerprint density at radius 3 is 2.32 bits per heavy atom. The van der Waals surface area contributed by atoms with Gasteiger partial charge in [-0.2, -0.15) is 0 Å². The third-order valence-corrected chi connectivity index (χ3v) is 7.45. The normalized spacial score (nSPS) is 11.8. The Morgan fingerprint density at radius 1 is 0.947 bits per heavy atom. The van der Waals surface area contributed by atoms with Gasteiger partial charge in [0.05, 0.1) is 23.6 Å². The van der Waals surface area contributed by atoms with Crippen LogP contribution in [0.5, 0.6) is 0 Å². The molecule has 0 saturated carbocycles. The smallest absolute Gasteiger partial charge is 0.326 e. The fourth-order valence-corrected chi connectivity index (χ4v) is 5.13. The van der Waals surface area contributed by atoms with Crippen LogP contribution >= 0.6 is 11.8 Å². The molecule has 1 atom stereocenters. The molecule has 0 radical (unpaired) electrons. The van der Waals surface area contributed by atoms with E-state index in [1.54, 1.807) is 11.8 Å². The van der Waals surface area contributed by atoms with Crippen LogP contribution in [-0.2, 0) is 33.8 Å². The van der Waals surface area contributed by atoms with Gasteiger partial charge in [0.25, 0.3) is 0 Å². The summed E-state index contributed by atoms with van der Waals surface area (Å²) in [6.45, 7) is 5.25. The Morgan fingerprint density at radius 2 is 1.61 bits per heavy atom. The Balaban J connectivity index is 1.41. The number of esters is 1. The summed E-state index contributed by atoms with van der Waals surface area (Å²) in [7, 11) is 0. The Hall–Kier alpha value is -3.58. The van der Waals surface area contributed by atoms with Crippen molar-refractivity contribution in [2.24, 2.45) is 0 Å². The van der Waals surface area contributed by atoms with E-state index in [0.717, 1.165) is 45.9 Å². The molecule has 0 fully saturated rings. The quantitative estimate of drug-likeness (QED) is 0.118. The van der Waals surface area contributed by atoms with Crippen LogP contribution in [0.3, 0.4) is 0 Å². The van der Waals surface area contributed by atoms with Gasteiger partial charge in [-0.1, -0.05) is 91.5 Å². The average Bonchev–Trinajstić information content (AvgIpc) is 3.28. The number of ether oxygens (including phenoxy) is 1. The summed E-state index contributed by atoms with van der Waals surface area (Å²) in [5, 5.41) is 0.789. The summed E-state index contributed by atoms with van der Waals surface area (Å²) >= 11 is 1.61. The summed E-state index contributed by atoms with van der Waals surface area (Å²) in [4.78, 5) is 32.5. The molecular formula is C31H35N3O3S. The number of thioether (sulfide) groups is 1. The molecule has 0 aliphatic rings. The molecule has 4 rings (SSSR count). The van der Waals surface area contributed by atoms with E-state index in [1.807, 2.05) is 96.1 Å². The van der Waals surface area contributed by atoms with Gasteiger partial charge >= 0.3 is 5.97 Å². The number of hydrogen-bond donors (Lipinski definition) is 0. The zero-order valence-electron chi connectivity index (χ0n) is 22.1. The first-order valence-corrected chi connectivity index (χ1v) is 14.1. The fraction of sp³-hybridized carbons (Fsp3) is 0.323. The van der Waals surface area contributed by atoms with E-state index in [4.69, 9.17) is 9.72 Å². The van der Waals surface area contributed by atoms with Crippen LogP contribution in [0.15, 0.2) is 90.1 Å². The Bertz CT molecular complexity index is 1320. The molecular weight excluding hydrogens is 494 g/mol. The molecule has 38 heavy (non-hydrogen) atoms. The maximum absolute atomic E-state index is 13.2. The lowest BCUT2D eigenvalue weighted by atomic mass is 10.1. The maximum Gasteiger partial charge on any atom is 0.326 e. The number of para-hydroxylation sites is 2. The van der Waals surface area contributed by atoms with Crippen molar-refractivity contribution in [3.8, 4) is 0 Å². The van der Waals surface area contributed by atoms with Crippen molar-refractivity contribution in [2.75, 3.05) is 12.3 Å². The van der Waals surface area contributed by atoms with E-state index in [9.17, 15) is 9.59 Å². The van der Waals surface area contributed by atoms with E-state index >= 15 is 0 Å². The van der Waals surface area contributed by atoms with Crippen molar-refractivity contribution in [3.63, 3.8) is 0 Å². The summed E-state index contributed by atoms with van der Waals surface area (Å²) < 4.78 is 7.46. The third-order valence-electron chi connectivity index (χ3n) is 6.38. The number of fused-ring (bicyclic) bond motifs is 1. The number of hydrogen-bond acceptors (Lipinski definition) is 5. The standard InChI is InChI=1S/C31H35N3O3S/c1-3-24(2)37-30(36)23-34-28-18-11-10-17-27(28)32-31(34)38-20-12-19-33(22-26-15-8-5-9-16-26)29(35)21-25-13-6-4-7-14-25/h4-11,13-18,24H,3,12,19-23H2,1-2H3. The summed E-state index contributed by atoms with van der Waals surface area (Å²) in [6.07, 6.45) is 1.85. The molecule has 0 bridgehead atoms. The Labute approximate surface area is 229 Å². The monoisotopic (exact) mass is 529 g/mol. The van der Waals surface area contributed by atoms with Gasteiger partial charge in [0.15, 0.2) is 5.16 Å². The van der Waals surface area contributed by atoms with Gasteiger partial charge in [-0.15, -0.1) is 0 Å². The number of amides is 1. The number of nitrogens with zero attached hydrogens (tertiary/aromatic N) is 3. The fourth-order valence-electron chi connectivity index (χ4n) is 4.19. The minimum Gasteiger partial charge on any atom is -0.461 e. The minimum absolute atomic E-state index is 0.114. The molecule has 1 aromatic heterocycles. The van der Waals surface area contributed by atoms with Gasteiger partial charge in [0, 0.05) is 18.8 Å². The molecule has 3 aromatic carbocycles. The Kier molecular flexibility index (Phi) is 9.98. The lowest BCUT2D eigenvalue weighted by Gasteiger charge is -2.23. The van der Waals surface area contributed by atoms with Crippen molar-refractivity contribution in [3.05, 3.63) is 96.1 Å². The summed E-state index contributed by atoms with van der Waals surface area (Å²) in [5.41, 5.74) is 3.90. The van der Waals surface area contributed by atoms with Gasteiger partial charge < -0.3 is 14.2 Å². The number of rotatable bonds is 13. The van der Waals surface area contributed by atoms with Crippen molar-refractivity contribution in [1.82, 2.24) is 14.5 Å². The highest BCUT2D eigenvalue weighted by molar-refractivity contribution is 7.99. The van der Waals surface area contributed by atoms with Gasteiger partial charge in [-0.3, -0.25) is 9.59 Å². The van der Waals surface area contributed by atoms with Gasteiger partial charge in [0.1, 0.15) is 6.54 Å². The number of imidazole rings is 1. The molecule has 6 nitrogen and oxygen atoms in total. The van der Waals surface area contributed by atoms with E-state index < -0.39 is 0 Å². The highest BCUT2D eigenvalue weighted by atomic mass is 32.2. The van der Waals surface area contributed by atoms with Gasteiger partial charge in [-0.25, -0.2) is 4.98 Å². The zero-order chi connectivity index (χ0) is 26.7. The SMILES string of the molecule is CCC(C)OC(=O)Cn1c(SCCCN(Cc2ccccc2)C(=O)Cc2ccccc2)nc2ccccc21. The van der Waals surface area contributed by atoms with Crippen LogP contribution in [0.25, 0.3) is 11.0 Å². The summed E-state index contributed by atoms with van der Waals surface area (Å²) in [6, 6.07) is 27.8. The molecule has 0 spiro atoms. The molecule has 1 unspecified atom stereocenters. The van der Waals surface area contributed by atoms with Gasteiger partial charge in [-0.05, 0) is 43.0 Å². The van der Waals surface area contributed by atoms with Crippen molar-refractivity contribution < 1.29 is 14.3 Å². The van der Waals surface area contributed by atoms with E-state index in [0.29, 0.717) is 19.5 Å². The summed E-state index contributed by atoms with van der Waals surface area (Å²) in [5.74, 6) is 0.628. The minimum atomic E-state index is -0.259.